The van der Waals surface area contributed by atoms with E-state index in [0.717, 1.165) is 16.8 Å². The average Bonchev–Trinajstić information content (AvgIpc) is 3.00. The van der Waals surface area contributed by atoms with Crippen LogP contribution in [0.3, 0.4) is 0 Å². The number of hydrogen-bond acceptors (Lipinski definition) is 1. The predicted molar refractivity (Wildman–Crippen MR) is 84.0 cm³/mol. The lowest BCUT2D eigenvalue weighted by Gasteiger charge is -2.11. The van der Waals surface area contributed by atoms with Crippen LogP contribution in [0, 0.1) is 0 Å². The van der Waals surface area contributed by atoms with E-state index in [9.17, 15) is 13.2 Å². The number of aromatic amines is 1. The van der Waals surface area contributed by atoms with Gasteiger partial charge in [-0.25, -0.2) is 4.98 Å². The number of benzene rings is 2. The Labute approximate surface area is 129 Å². The van der Waals surface area contributed by atoms with Gasteiger partial charge in [-0.05, 0) is 29.0 Å². The molecule has 0 saturated heterocycles. The van der Waals surface area contributed by atoms with Crippen molar-refractivity contribution in [2.75, 3.05) is 0 Å². The Morgan fingerprint density at radius 2 is 1.65 bits per heavy atom. The van der Waals surface area contributed by atoms with E-state index in [1.807, 2.05) is 36.4 Å². The fraction of sp³-hybridized carbons (Fsp3) is 0.0556. The molecule has 2 heterocycles. The van der Waals surface area contributed by atoms with Crippen LogP contribution in [0.2, 0.25) is 0 Å². The van der Waals surface area contributed by atoms with Crippen molar-refractivity contribution in [1.29, 1.82) is 0 Å². The molecule has 0 aliphatic heterocycles. The summed E-state index contributed by atoms with van der Waals surface area (Å²) in [5.74, 6) is 0. The van der Waals surface area contributed by atoms with Gasteiger partial charge in [0.1, 0.15) is 0 Å². The molecule has 0 unspecified atom stereocenters. The Morgan fingerprint density at radius 3 is 2.43 bits per heavy atom. The molecule has 0 radical (unpaired) electrons. The summed E-state index contributed by atoms with van der Waals surface area (Å²) in [5, 5.41) is 2.00. The van der Waals surface area contributed by atoms with E-state index in [4.69, 9.17) is 0 Å². The van der Waals surface area contributed by atoms with Crippen LogP contribution in [0.1, 0.15) is 5.56 Å². The molecule has 0 aliphatic rings. The molecule has 0 bridgehead atoms. The second-order valence-corrected chi connectivity index (χ2v) is 5.35. The summed E-state index contributed by atoms with van der Waals surface area (Å²) in [7, 11) is 0. The van der Waals surface area contributed by atoms with Crippen LogP contribution in [-0.2, 0) is 6.18 Å². The zero-order chi connectivity index (χ0) is 16.0. The van der Waals surface area contributed by atoms with Crippen LogP contribution >= 0.6 is 0 Å². The topological polar surface area (TPSA) is 28.7 Å². The third kappa shape index (κ3) is 2.34. The molecule has 114 valence electrons. The van der Waals surface area contributed by atoms with Gasteiger partial charge in [0.05, 0.1) is 22.3 Å². The van der Waals surface area contributed by atoms with Crippen molar-refractivity contribution in [3.8, 4) is 11.3 Å². The Hall–Kier alpha value is -2.82. The molecule has 0 saturated carbocycles. The molecule has 0 amide bonds. The Balaban J connectivity index is 1.96. The van der Waals surface area contributed by atoms with Crippen LogP contribution < -0.4 is 0 Å². The number of H-pyrrole nitrogens is 1. The largest absolute Gasteiger partial charge is 0.418 e. The van der Waals surface area contributed by atoms with Gasteiger partial charge in [0.25, 0.3) is 0 Å². The maximum Gasteiger partial charge on any atom is 0.418 e. The van der Waals surface area contributed by atoms with Gasteiger partial charge in [0.2, 0.25) is 0 Å². The highest BCUT2D eigenvalue weighted by Gasteiger charge is 2.34. The highest BCUT2D eigenvalue weighted by molar-refractivity contribution is 5.88. The van der Waals surface area contributed by atoms with E-state index < -0.39 is 11.7 Å². The Kier molecular flexibility index (Phi) is 2.91. The van der Waals surface area contributed by atoms with Crippen molar-refractivity contribution in [3.63, 3.8) is 0 Å². The van der Waals surface area contributed by atoms with Gasteiger partial charge in [-0.15, -0.1) is 0 Å². The predicted octanol–water partition coefficient (Wildman–Crippen LogP) is 5.40. The summed E-state index contributed by atoms with van der Waals surface area (Å²) in [6, 6.07) is 15.9. The minimum atomic E-state index is -4.43. The molecule has 2 aromatic heterocycles. The lowest BCUT2D eigenvalue weighted by Crippen LogP contribution is -2.07. The number of pyridine rings is 1. The molecular weight excluding hydrogens is 301 g/mol. The quantitative estimate of drug-likeness (QED) is 0.501. The average molecular weight is 312 g/mol. The fourth-order valence-electron chi connectivity index (χ4n) is 2.76. The number of rotatable bonds is 1. The molecule has 1 N–H and O–H groups in total. The van der Waals surface area contributed by atoms with Gasteiger partial charge in [-0.3, -0.25) is 0 Å². The van der Waals surface area contributed by atoms with Crippen molar-refractivity contribution in [2.45, 2.75) is 6.18 Å². The zero-order valence-corrected chi connectivity index (χ0v) is 11.9. The standard InChI is InChI=1S/C18H11F3N2/c19-18(20,21)14-10-16(23-15-7-8-22-17(14)15)13-6-5-11-3-1-2-4-12(11)9-13/h1-10,22H. The minimum absolute atomic E-state index is 0.0158. The maximum atomic E-state index is 13.3. The molecule has 4 rings (SSSR count). The van der Waals surface area contributed by atoms with Gasteiger partial charge >= 0.3 is 6.18 Å². The number of fused-ring (bicyclic) bond motifs is 2. The first-order valence-electron chi connectivity index (χ1n) is 7.07. The van der Waals surface area contributed by atoms with E-state index in [1.54, 1.807) is 12.1 Å². The number of nitrogens with one attached hydrogen (secondary N) is 1. The van der Waals surface area contributed by atoms with Crippen molar-refractivity contribution in [2.24, 2.45) is 0 Å². The van der Waals surface area contributed by atoms with E-state index in [1.165, 1.54) is 6.20 Å². The first-order chi connectivity index (χ1) is 11.0. The number of alkyl halides is 3. The number of halogens is 3. The summed E-state index contributed by atoms with van der Waals surface area (Å²) in [6.07, 6.45) is -2.96. The van der Waals surface area contributed by atoms with E-state index in [0.29, 0.717) is 16.8 Å². The molecule has 2 aromatic carbocycles. The van der Waals surface area contributed by atoms with Crippen molar-refractivity contribution in [3.05, 3.63) is 66.4 Å². The molecule has 4 aromatic rings. The highest BCUT2D eigenvalue weighted by atomic mass is 19.4. The summed E-state index contributed by atoms with van der Waals surface area (Å²) >= 11 is 0. The third-order valence-corrected chi connectivity index (χ3v) is 3.87. The van der Waals surface area contributed by atoms with Gasteiger partial charge < -0.3 is 4.98 Å². The molecule has 0 aliphatic carbocycles. The van der Waals surface area contributed by atoms with Crippen LogP contribution in [0.15, 0.2) is 60.8 Å². The smallest absolute Gasteiger partial charge is 0.359 e. The summed E-state index contributed by atoms with van der Waals surface area (Å²) in [5.41, 5.74) is 0.605. The molecule has 0 atom stereocenters. The van der Waals surface area contributed by atoms with Gasteiger partial charge in [0.15, 0.2) is 0 Å². The van der Waals surface area contributed by atoms with Gasteiger partial charge in [0, 0.05) is 11.8 Å². The Bertz CT molecular complexity index is 1020. The lowest BCUT2D eigenvalue weighted by atomic mass is 10.0. The normalized spacial score (nSPS) is 12.1. The first kappa shape index (κ1) is 13.8. The number of aromatic nitrogens is 2. The van der Waals surface area contributed by atoms with Gasteiger partial charge in [-0.1, -0.05) is 36.4 Å². The summed E-state index contributed by atoms with van der Waals surface area (Å²) in [4.78, 5) is 6.98. The van der Waals surface area contributed by atoms with Crippen molar-refractivity contribution < 1.29 is 13.2 Å². The summed E-state index contributed by atoms with van der Waals surface area (Å²) < 4.78 is 39.9. The summed E-state index contributed by atoms with van der Waals surface area (Å²) in [6.45, 7) is 0. The van der Waals surface area contributed by atoms with E-state index in [2.05, 4.69) is 9.97 Å². The second kappa shape index (κ2) is 4.84. The van der Waals surface area contributed by atoms with Crippen LogP contribution in [0.25, 0.3) is 33.1 Å². The Morgan fingerprint density at radius 1 is 0.870 bits per heavy atom. The molecule has 2 nitrogen and oxygen atoms in total. The van der Waals surface area contributed by atoms with Crippen LogP contribution in [0.5, 0.6) is 0 Å². The third-order valence-electron chi connectivity index (χ3n) is 3.87. The van der Waals surface area contributed by atoms with E-state index >= 15 is 0 Å². The highest BCUT2D eigenvalue weighted by Crippen LogP contribution is 2.36. The fourth-order valence-corrected chi connectivity index (χ4v) is 2.76. The lowest BCUT2D eigenvalue weighted by molar-refractivity contribution is -0.136. The minimum Gasteiger partial charge on any atom is -0.359 e. The first-order valence-corrected chi connectivity index (χ1v) is 7.07. The van der Waals surface area contributed by atoms with Gasteiger partial charge in [-0.2, -0.15) is 13.2 Å². The van der Waals surface area contributed by atoms with E-state index in [-0.39, 0.29) is 5.52 Å². The number of nitrogens with zero attached hydrogens (tertiary/aromatic N) is 1. The van der Waals surface area contributed by atoms with Crippen LogP contribution in [0.4, 0.5) is 13.2 Å². The molecule has 23 heavy (non-hydrogen) atoms. The monoisotopic (exact) mass is 312 g/mol. The molecular formula is C18H11F3N2. The zero-order valence-electron chi connectivity index (χ0n) is 11.9. The van der Waals surface area contributed by atoms with Crippen LogP contribution in [-0.4, -0.2) is 9.97 Å². The second-order valence-electron chi connectivity index (χ2n) is 5.35. The number of hydrogen-bond donors (Lipinski definition) is 1. The maximum absolute atomic E-state index is 13.3. The molecule has 0 fully saturated rings. The van der Waals surface area contributed by atoms with Crippen molar-refractivity contribution in [1.82, 2.24) is 9.97 Å². The SMILES string of the molecule is FC(F)(F)c1cc(-c2ccc3ccccc3c2)nc2cc[nH]c12. The van der Waals surface area contributed by atoms with Crippen molar-refractivity contribution >= 4 is 21.8 Å². The molecule has 5 heteroatoms. The molecule has 0 spiro atoms.